The minimum Gasteiger partial charge on any atom is -0.359 e. The summed E-state index contributed by atoms with van der Waals surface area (Å²) in [6.45, 7) is 2.30. The van der Waals surface area contributed by atoms with Gasteiger partial charge in [0, 0.05) is 17.6 Å². The van der Waals surface area contributed by atoms with Gasteiger partial charge in [0.15, 0.2) is 5.76 Å². The van der Waals surface area contributed by atoms with Gasteiger partial charge < -0.3 is 4.52 Å². The highest BCUT2D eigenvalue weighted by Gasteiger charge is 2.38. The number of sulfonamides is 1. The van der Waals surface area contributed by atoms with Crippen LogP contribution in [0.2, 0.25) is 5.02 Å². The van der Waals surface area contributed by atoms with Gasteiger partial charge in [-0.2, -0.15) is 4.31 Å². The molecule has 0 N–H and O–H groups in total. The molecule has 0 radical (unpaired) electrons. The second kappa shape index (κ2) is 5.44. The quantitative estimate of drug-likeness (QED) is 0.869. The highest BCUT2D eigenvalue weighted by molar-refractivity contribution is 7.89. The zero-order valence-electron chi connectivity index (χ0n) is 11.5. The molecule has 112 valence electrons. The van der Waals surface area contributed by atoms with Gasteiger partial charge in [-0.15, -0.1) is 0 Å². The number of rotatable bonds is 3. The molecule has 1 aliphatic rings. The molecule has 3 rings (SSSR count). The molecule has 21 heavy (non-hydrogen) atoms. The van der Waals surface area contributed by atoms with E-state index in [-0.39, 0.29) is 10.9 Å². The molecule has 0 unspecified atom stereocenters. The topological polar surface area (TPSA) is 63.4 Å². The summed E-state index contributed by atoms with van der Waals surface area (Å²) in [5.41, 5.74) is 0.751. The van der Waals surface area contributed by atoms with Gasteiger partial charge in [-0.25, -0.2) is 8.42 Å². The van der Waals surface area contributed by atoms with Gasteiger partial charge >= 0.3 is 0 Å². The fourth-order valence-electron chi connectivity index (χ4n) is 2.59. The van der Waals surface area contributed by atoms with Crippen molar-refractivity contribution >= 4 is 21.6 Å². The van der Waals surface area contributed by atoms with E-state index >= 15 is 0 Å². The average molecular weight is 327 g/mol. The van der Waals surface area contributed by atoms with Crippen LogP contribution < -0.4 is 0 Å². The van der Waals surface area contributed by atoms with Crippen LogP contribution in [-0.4, -0.2) is 24.4 Å². The molecule has 0 aliphatic carbocycles. The van der Waals surface area contributed by atoms with Crippen molar-refractivity contribution in [1.29, 1.82) is 0 Å². The van der Waals surface area contributed by atoms with Gasteiger partial charge in [0.1, 0.15) is 0 Å². The van der Waals surface area contributed by atoms with E-state index in [0.717, 1.165) is 18.5 Å². The van der Waals surface area contributed by atoms with Crippen molar-refractivity contribution in [3.63, 3.8) is 0 Å². The normalized spacial score (nSPS) is 20.0. The Bertz CT molecular complexity index is 740. The Morgan fingerprint density at radius 1 is 1.33 bits per heavy atom. The first kappa shape index (κ1) is 14.6. The standard InChI is InChI=1S/C14H15ClN2O3S/c1-10-9-14(20-16-10)13-3-2-8-17(13)21(18,19)12-6-4-11(15)5-7-12/h4-7,9,13H,2-3,8H2,1H3/t13-/m0/s1. The molecule has 1 fully saturated rings. The summed E-state index contributed by atoms with van der Waals surface area (Å²) in [6.07, 6.45) is 1.54. The van der Waals surface area contributed by atoms with Crippen molar-refractivity contribution < 1.29 is 12.9 Å². The molecule has 0 saturated carbocycles. The fraction of sp³-hybridized carbons (Fsp3) is 0.357. The molecule has 0 bridgehead atoms. The summed E-state index contributed by atoms with van der Waals surface area (Å²) < 4.78 is 32.2. The van der Waals surface area contributed by atoms with E-state index in [4.69, 9.17) is 16.1 Å². The van der Waals surface area contributed by atoms with Crippen molar-refractivity contribution in [2.75, 3.05) is 6.54 Å². The molecule has 2 heterocycles. The van der Waals surface area contributed by atoms with E-state index in [1.54, 1.807) is 18.2 Å². The number of benzene rings is 1. The summed E-state index contributed by atoms with van der Waals surface area (Å²) in [6, 6.07) is 7.72. The van der Waals surface area contributed by atoms with Gasteiger partial charge in [-0.3, -0.25) is 0 Å². The van der Waals surface area contributed by atoms with Gasteiger partial charge in [0.05, 0.1) is 16.6 Å². The smallest absolute Gasteiger partial charge is 0.243 e. The molecule has 1 saturated heterocycles. The number of aromatic nitrogens is 1. The Labute approximate surface area is 128 Å². The van der Waals surface area contributed by atoms with Crippen LogP contribution in [-0.2, 0) is 10.0 Å². The molecule has 0 spiro atoms. The third-order valence-corrected chi connectivity index (χ3v) is 5.77. The zero-order chi connectivity index (χ0) is 15.0. The molecule has 1 atom stereocenters. The fourth-order valence-corrected chi connectivity index (χ4v) is 4.39. The molecule has 0 amide bonds. The predicted molar refractivity (Wildman–Crippen MR) is 78.6 cm³/mol. The Morgan fingerprint density at radius 3 is 2.67 bits per heavy atom. The van der Waals surface area contributed by atoms with E-state index < -0.39 is 10.0 Å². The van der Waals surface area contributed by atoms with Crippen LogP contribution >= 0.6 is 11.6 Å². The highest BCUT2D eigenvalue weighted by atomic mass is 35.5. The van der Waals surface area contributed by atoms with Crippen LogP contribution in [0.3, 0.4) is 0 Å². The molecule has 2 aromatic rings. The lowest BCUT2D eigenvalue weighted by Gasteiger charge is -2.22. The van der Waals surface area contributed by atoms with Gasteiger partial charge in [0.2, 0.25) is 10.0 Å². The summed E-state index contributed by atoms with van der Waals surface area (Å²) in [4.78, 5) is 0.245. The lowest BCUT2D eigenvalue weighted by atomic mass is 10.2. The summed E-state index contributed by atoms with van der Waals surface area (Å²) >= 11 is 5.82. The first-order chi connectivity index (χ1) is 9.98. The van der Waals surface area contributed by atoms with E-state index in [9.17, 15) is 8.42 Å². The van der Waals surface area contributed by atoms with Crippen molar-refractivity contribution in [1.82, 2.24) is 9.46 Å². The highest BCUT2D eigenvalue weighted by Crippen LogP contribution is 2.36. The van der Waals surface area contributed by atoms with Crippen LogP contribution in [0, 0.1) is 6.92 Å². The molecule has 1 aliphatic heterocycles. The van der Waals surface area contributed by atoms with E-state index in [2.05, 4.69) is 5.16 Å². The summed E-state index contributed by atoms with van der Waals surface area (Å²) in [5.74, 6) is 0.600. The Kier molecular flexibility index (Phi) is 3.77. The molecular weight excluding hydrogens is 312 g/mol. The summed E-state index contributed by atoms with van der Waals surface area (Å²) in [7, 11) is -3.56. The number of hydrogen-bond acceptors (Lipinski definition) is 4. The maximum absolute atomic E-state index is 12.8. The molecular formula is C14H15ClN2O3S. The predicted octanol–water partition coefficient (Wildman–Crippen LogP) is 3.16. The van der Waals surface area contributed by atoms with Gasteiger partial charge in [-0.1, -0.05) is 16.8 Å². The van der Waals surface area contributed by atoms with Crippen LogP contribution in [0.25, 0.3) is 0 Å². The monoisotopic (exact) mass is 326 g/mol. The van der Waals surface area contributed by atoms with Gasteiger partial charge in [-0.05, 0) is 44.0 Å². The SMILES string of the molecule is Cc1cc([C@@H]2CCCN2S(=O)(=O)c2ccc(Cl)cc2)on1. The van der Waals surface area contributed by atoms with E-state index in [1.807, 2.05) is 6.92 Å². The Hall–Kier alpha value is -1.37. The van der Waals surface area contributed by atoms with Crippen molar-refractivity contribution in [3.05, 3.63) is 46.8 Å². The Balaban J connectivity index is 1.96. The first-order valence-electron chi connectivity index (χ1n) is 6.69. The van der Waals surface area contributed by atoms with E-state index in [1.165, 1.54) is 16.4 Å². The number of aryl methyl sites for hydroxylation is 1. The van der Waals surface area contributed by atoms with Gasteiger partial charge in [0.25, 0.3) is 0 Å². The molecule has 1 aromatic carbocycles. The average Bonchev–Trinajstić information content (AvgIpc) is 3.07. The lowest BCUT2D eigenvalue weighted by Crippen LogP contribution is -2.30. The van der Waals surface area contributed by atoms with Crippen molar-refractivity contribution in [3.8, 4) is 0 Å². The van der Waals surface area contributed by atoms with Crippen LogP contribution in [0.1, 0.15) is 30.3 Å². The first-order valence-corrected chi connectivity index (χ1v) is 8.51. The molecule has 5 nitrogen and oxygen atoms in total. The largest absolute Gasteiger partial charge is 0.359 e. The van der Waals surface area contributed by atoms with Crippen molar-refractivity contribution in [2.24, 2.45) is 0 Å². The maximum Gasteiger partial charge on any atom is 0.243 e. The lowest BCUT2D eigenvalue weighted by molar-refractivity contribution is 0.297. The zero-order valence-corrected chi connectivity index (χ0v) is 13.1. The number of hydrogen-bond donors (Lipinski definition) is 0. The molecule has 7 heteroatoms. The van der Waals surface area contributed by atoms with E-state index in [0.29, 0.717) is 17.3 Å². The van der Waals surface area contributed by atoms with Crippen molar-refractivity contribution in [2.45, 2.75) is 30.7 Å². The summed E-state index contributed by atoms with van der Waals surface area (Å²) in [5, 5.41) is 4.36. The molecule has 1 aromatic heterocycles. The second-order valence-electron chi connectivity index (χ2n) is 5.10. The number of halogens is 1. The maximum atomic E-state index is 12.8. The van der Waals surface area contributed by atoms with Crippen LogP contribution in [0.4, 0.5) is 0 Å². The Morgan fingerprint density at radius 2 is 2.05 bits per heavy atom. The minimum atomic E-state index is -3.56. The third-order valence-electron chi connectivity index (χ3n) is 3.60. The van der Waals surface area contributed by atoms with Crippen LogP contribution in [0.15, 0.2) is 39.8 Å². The van der Waals surface area contributed by atoms with Crippen LogP contribution in [0.5, 0.6) is 0 Å². The number of nitrogens with zero attached hydrogens (tertiary/aromatic N) is 2. The third kappa shape index (κ3) is 2.71. The second-order valence-corrected chi connectivity index (χ2v) is 7.43. The minimum absolute atomic E-state index is 0.245.